The molecule has 0 saturated heterocycles. The molecular formula is C13H20N2O5. The van der Waals surface area contributed by atoms with E-state index in [4.69, 9.17) is 14.4 Å². The SMILES string of the molecule is CC(C)c1cc(COC(=O)N[C@H](C(=O)O)C(C)C)on1. The number of carbonyl (C=O) groups excluding carboxylic acids is 1. The number of aliphatic carboxylic acids is 1. The van der Waals surface area contributed by atoms with E-state index in [1.54, 1.807) is 19.9 Å². The largest absolute Gasteiger partial charge is 0.480 e. The number of alkyl carbamates (subject to hydrolysis) is 1. The molecule has 0 unspecified atom stereocenters. The van der Waals surface area contributed by atoms with Crippen molar-refractivity contribution in [3.63, 3.8) is 0 Å². The van der Waals surface area contributed by atoms with Gasteiger partial charge >= 0.3 is 12.1 Å². The van der Waals surface area contributed by atoms with E-state index in [2.05, 4.69) is 10.5 Å². The van der Waals surface area contributed by atoms with Crippen molar-refractivity contribution >= 4 is 12.1 Å². The minimum atomic E-state index is -1.10. The Kier molecular flexibility index (Phi) is 5.54. The van der Waals surface area contributed by atoms with Crippen LogP contribution < -0.4 is 5.32 Å². The monoisotopic (exact) mass is 284 g/mol. The van der Waals surface area contributed by atoms with Crippen molar-refractivity contribution in [1.29, 1.82) is 0 Å². The van der Waals surface area contributed by atoms with Crippen molar-refractivity contribution in [2.24, 2.45) is 5.92 Å². The molecular weight excluding hydrogens is 264 g/mol. The van der Waals surface area contributed by atoms with Crippen LogP contribution in [0.1, 0.15) is 45.1 Å². The fourth-order valence-corrected chi connectivity index (χ4v) is 1.49. The average molecular weight is 284 g/mol. The Labute approximate surface area is 117 Å². The zero-order chi connectivity index (χ0) is 15.3. The Bertz CT molecular complexity index is 467. The topological polar surface area (TPSA) is 102 Å². The molecule has 1 atom stereocenters. The van der Waals surface area contributed by atoms with Gasteiger partial charge in [0.2, 0.25) is 0 Å². The minimum absolute atomic E-state index is 0.0873. The van der Waals surface area contributed by atoms with Crippen molar-refractivity contribution in [3.05, 3.63) is 17.5 Å². The number of aromatic nitrogens is 1. The van der Waals surface area contributed by atoms with Crippen molar-refractivity contribution in [1.82, 2.24) is 10.5 Å². The Morgan fingerprint density at radius 2 is 2.05 bits per heavy atom. The van der Waals surface area contributed by atoms with E-state index in [1.165, 1.54) is 0 Å². The first kappa shape index (κ1) is 16.0. The van der Waals surface area contributed by atoms with Crippen LogP contribution in [-0.4, -0.2) is 28.4 Å². The maximum absolute atomic E-state index is 11.5. The van der Waals surface area contributed by atoms with Gasteiger partial charge in [0.15, 0.2) is 12.4 Å². The van der Waals surface area contributed by atoms with Crippen molar-refractivity contribution in [3.8, 4) is 0 Å². The predicted molar refractivity (Wildman–Crippen MR) is 70.2 cm³/mol. The number of hydrogen-bond donors (Lipinski definition) is 2. The molecule has 1 aromatic rings. The van der Waals surface area contributed by atoms with Crippen LogP contribution in [0.5, 0.6) is 0 Å². The van der Waals surface area contributed by atoms with Gasteiger partial charge in [0, 0.05) is 6.07 Å². The number of amides is 1. The van der Waals surface area contributed by atoms with Crippen LogP contribution in [0.15, 0.2) is 10.6 Å². The number of ether oxygens (including phenoxy) is 1. The van der Waals surface area contributed by atoms with Crippen LogP contribution in [0.4, 0.5) is 4.79 Å². The zero-order valence-corrected chi connectivity index (χ0v) is 12.0. The molecule has 112 valence electrons. The third kappa shape index (κ3) is 4.56. The molecule has 20 heavy (non-hydrogen) atoms. The van der Waals surface area contributed by atoms with Gasteiger partial charge in [-0.2, -0.15) is 0 Å². The molecule has 0 aliphatic heterocycles. The molecule has 0 aliphatic rings. The maximum atomic E-state index is 11.5. The summed E-state index contributed by atoms with van der Waals surface area (Å²) in [5, 5.41) is 15.1. The van der Waals surface area contributed by atoms with Gasteiger partial charge in [0.25, 0.3) is 0 Å². The fourth-order valence-electron chi connectivity index (χ4n) is 1.49. The van der Waals surface area contributed by atoms with E-state index >= 15 is 0 Å². The summed E-state index contributed by atoms with van der Waals surface area (Å²) in [5.74, 6) is -0.699. The highest BCUT2D eigenvalue weighted by Crippen LogP contribution is 2.14. The first-order chi connectivity index (χ1) is 9.31. The number of nitrogens with one attached hydrogen (secondary N) is 1. The molecule has 1 heterocycles. The summed E-state index contributed by atoms with van der Waals surface area (Å²) in [6, 6.07) is 0.721. The first-order valence-corrected chi connectivity index (χ1v) is 6.42. The lowest BCUT2D eigenvalue weighted by atomic mass is 10.1. The van der Waals surface area contributed by atoms with E-state index < -0.39 is 18.1 Å². The van der Waals surface area contributed by atoms with Crippen LogP contribution in [0, 0.1) is 5.92 Å². The van der Waals surface area contributed by atoms with Crippen molar-refractivity contribution in [2.75, 3.05) is 0 Å². The molecule has 0 bridgehead atoms. The predicted octanol–water partition coefficient (Wildman–Crippen LogP) is 2.13. The highest BCUT2D eigenvalue weighted by Gasteiger charge is 2.24. The highest BCUT2D eigenvalue weighted by atomic mass is 16.6. The molecule has 0 aliphatic carbocycles. The van der Waals surface area contributed by atoms with E-state index in [1.807, 2.05) is 13.8 Å². The third-order valence-electron chi connectivity index (χ3n) is 2.72. The lowest BCUT2D eigenvalue weighted by Crippen LogP contribution is -2.44. The summed E-state index contributed by atoms with van der Waals surface area (Å²) < 4.78 is 9.91. The van der Waals surface area contributed by atoms with Gasteiger partial charge in [-0.3, -0.25) is 0 Å². The molecule has 7 heteroatoms. The molecule has 0 saturated carbocycles. The van der Waals surface area contributed by atoms with Gasteiger partial charge in [-0.15, -0.1) is 0 Å². The van der Waals surface area contributed by atoms with E-state index in [0.717, 1.165) is 5.69 Å². The summed E-state index contributed by atoms with van der Waals surface area (Å²) in [6.07, 6.45) is -0.798. The van der Waals surface area contributed by atoms with Gasteiger partial charge in [-0.1, -0.05) is 32.9 Å². The van der Waals surface area contributed by atoms with Crippen LogP contribution in [0.3, 0.4) is 0 Å². The Hall–Kier alpha value is -2.05. The summed E-state index contributed by atoms with van der Waals surface area (Å²) in [7, 11) is 0. The molecule has 7 nitrogen and oxygen atoms in total. The summed E-state index contributed by atoms with van der Waals surface area (Å²) in [6.45, 7) is 7.25. The van der Waals surface area contributed by atoms with Crippen molar-refractivity contribution < 1.29 is 24.0 Å². The average Bonchev–Trinajstić information content (AvgIpc) is 2.81. The molecule has 0 spiro atoms. The molecule has 0 fully saturated rings. The molecule has 2 N–H and O–H groups in total. The van der Waals surface area contributed by atoms with Gasteiger partial charge < -0.3 is 19.7 Å². The molecule has 0 radical (unpaired) electrons. The quantitative estimate of drug-likeness (QED) is 0.829. The number of nitrogens with zero attached hydrogens (tertiary/aromatic N) is 1. The fraction of sp³-hybridized carbons (Fsp3) is 0.615. The Balaban J connectivity index is 2.48. The Morgan fingerprint density at radius 1 is 1.40 bits per heavy atom. The normalized spacial score (nSPS) is 12.5. The smallest absolute Gasteiger partial charge is 0.408 e. The second-order valence-electron chi connectivity index (χ2n) is 5.15. The van der Waals surface area contributed by atoms with E-state index in [0.29, 0.717) is 5.76 Å². The van der Waals surface area contributed by atoms with Crippen molar-refractivity contribution in [2.45, 2.75) is 46.3 Å². The minimum Gasteiger partial charge on any atom is -0.480 e. The Morgan fingerprint density at radius 3 is 2.50 bits per heavy atom. The second-order valence-corrected chi connectivity index (χ2v) is 5.15. The maximum Gasteiger partial charge on any atom is 0.408 e. The number of rotatable bonds is 6. The van der Waals surface area contributed by atoms with E-state index in [9.17, 15) is 9.59 Å². The lowest BCUT2D eigenvalue weighted by molar-refractivity contribution is -0.140. The van der Waals surface area contributed by atoms with Crippen LogP contribution >= 0.6 is 0 Å². The third-order valence-corrected chi connectivity index (χ3v) is 2.72. The molecule has 1 aromatic heterocycles. The van der Waals surface area contributed by atoms with E-state index in [-0.39, 0.29) is 18.4 Å². The van der Waals surface area contributed by atoms with Gasteiger partial charge in [-0.25, -0.2) is 9.59 Å². The lowest BCUT2D eigenvalue weighted by Gasteiger charge is -2.17. The number of carboxylic acids is 1. The summed E-state index contributed by atoms with van der Waals surface area (Å²) in [4.78, 5) is 22.4. The van der Waals surface area contributed by atoms with Gasteiger partial charge in [-0.05, 0) is 11.8 Å². The van der Waals surface area contributed by atoms with Crippen LogP contribution in [0.25, 0.3) is 0 Å². The zero-order valence-electron chi connectivity index (χ0n) is 12.0. The number of carbonyl (C=O) groups is 2. The molecule has 0 aromatic carbocycles. The summed E-state index contributed by atoms with van der Waals surface area (Å²) in [5.41, 5.74) is 0.773. The first-order valence-electron chi connectivity index (χ1n) is 6.42. The molecule has 1 amide bonds. The molecule has 1 rings (SSSR count). The van der Waals surface area contributed by atoms with Crippen LogP contribution in [0.2, 0.25) is 0 Å². The van der Waals surface area contributed by atoms with Crippen LogP contribution in [-0.2, 0) is 16.1 Å². The summed E-state index contributed by atoms with van der Waals surface area (Å²) >= 11 is 0. The number of hydrogen-bond acceptors (Lipinski definition) is 5. The van der Waals surface area contributed by atoms with Gasteiger partial charge in [0.1, 0.15) is 6.04 Å². The second kappa shape index (κ2) is 6.93. The van der Waals surface area contributed by atoms with Gasteiger partial charge in [0.05, 0.1) is 5.69 Å². The number of carboxylic acid groups (broad SMARTS) is 1. The highest BCUT2D eigenvalue weighted by molar-refractivity contribution is 5.80. The standard InChI is InChI=1S/C13H20N2O5/c1-7(2)10-5-9(20-15-10)6-19-13(18)14-11(8(3)4)12(16)17/h5,7-8,11H,6H2,1-4H3,(H,14,18)(H,16,17)/t11-/m0/s1.